The highest BCUT2D eigenvalue weighted by Crippen LogP contribution is 2.34. The molecule has 0 spiro atoms. The molecule has 0 amide bonds. The van der Waals surface area contributed by atoms with Gasteiger partial charge in [-0.05, 0) is 148 Å². The topological polar surface area (TPSA) is 566 Å². The number of methoxy groups -OCH3 is 1. The minimum atomic E-state index is -1.14. The van der Waals surface area contributed by atoms with Crippen molar-refractivity contribution >= 4 is 107 Å². The van der Waals surface area contributed by atoms with Crippen LogP contribution in [-0.4, -0.2) is 329 Å². The van der Waals surface area contributed by atoms with Crippen LogP contribution in [0.4, 0.5) is 0 Å². The molecule has 142 heavy (non-hydrogen) atoms. The summed E-state index contributed by atoms with van der Waals surface area (Å²) in [5, 5.41) is 0. The fourth-order valence-electron chi connectivity index (χ4n) is 12.5. The Labute approximate surface area is 825 Å². The molecule has 0 bridgehead atoms. The Morgan fingerprint density at radius 2 is 0.479 bits per heavy atom. The van der Waals surface area contributed by atoms with Gasteiger partial charge in [0.1, 0.15) is 88.3 Å². The van der Waals surface area contributed by atoms with Gasteiger partial charge in [0, 0.05) is 87.1 Å². The Morgan fingerprint density at radius 3 is 0.690 bits per heavy atom. The number of ketones is 4. The first-order chi connectivity index (χ1) is 66.4. The molecule has 0 N–H and O–H groups in total. The van der Waals surface area contributed by atoms with Gasteiger partial charge in [0.25, 0.3) is 0 Å². The lowest BCUT2D eigenvalue weighted by molar-refractivity contribution is -0.174. The zero-order valence-electron chi connectivity index (χ0n) is 83.0. The zero-order chi connectivity index (χ0) is 105. The van der Waals surface area contributed by atoms with Gasteiger partial charge in [0.2, 0.25) is 0 Å². The van der Waals surface area contributed by atoms with Crippen LogP contribution in [0.2, 0.25) is 0 Å². The Balaban J connectivity index is 0.000000674. The van der Waals surface area contributed by atoms with E-state index < -0.39 is 155 Å². The van der Waals surface area contributed by atoms with E-state index in [0.717, 1.165) is 60.8 Å². The third-order valence-corrected chi connectivity index (χ3v) is 19.8. The molecule has 11 atom stereocenters. The molecule has 802 valence electrons. The minimum absolute atomic E-state index is 0. The fraction of sp³-hybridized carbons (Fsp3) is 0.708. The van der Waals surface area contributed by atoms with Gasteiger partial charge >= 0.3 is 83.6 Å². The lowest BCUT2D eigenvalue weighted by Crippen LogP contribution is -2.29. The van der Waals surface area contributed by atoms with E-state index in [9.17, 15) is 86.3 Å². The minimum Gasteiger partial charge on any atom is -0.466 e. The third kappa shape index (κ3) is 59.5. The maximum atomic E-state index is 12.4. The van der Waals surface area contributed by atoms with Gasteiger partial charge in [-0.3, -0.25) is 38.4 Å². The first kappa shape index (κ1) is 126. The smallest absolute Gasteiger partial charge is 0.331 e. The van der Waals surface area contributed by atoms with E-state index in [-0.39, 0.29) is 232 Å². The van der Waals surface area contributed by atoms with E-state index in [4.69, 9.17) is 128 Å². The zero-order valence-corrected chi connectivity index (χ0v) is 83.0. The van der Waals surface area contributed by atoms with Gasteiger partial charge < -0.3 is 142 Å². The molecule has 0 radical (unpaired) electrons. The number of ether oxygens (including phenoxy) is 28. The Hall–Kier alpha value is -10.6. The summed E-state index contributed by atoms with van der Waals surface area (Å²) in [6.45, 7) is 25.4. The van der Waals surface area contributed by atoms with Crippen molar-refractivity contribution in [2.75, 3.05) is 139 Å². The van der Waals surface area contributed by atoms with E-state index in [2.05, 4.69) is 4.74 Å². The highest BCUT2D eigenvalue weighted by molar-refractivity contribution is 5.96. The first-order valence-corrected chi connectivity index (χ1v) is 46.2. The molecular weight excluding hydrogens is 1890 g/mol. The normalized spacial score (nSPS) is 23.7. The van der Waals surface area contributed by atoms with Gasteiger partial charge in [0.15, 0.2) is 53.1 Å². The number of carbonyl (C=O) groups excluding carboxylic acids is 18. The molecule has 7 aliphatic rings. The number of allylic oxidation sites excluding steroid dienone is 2. The molecule has 11 unspecified atom stereocenters. The van der Waals surface area contributed by atoms with Crippen molar-refractivity contribution in [1.29, 1.82) is 0 Å². The second-order valence-electron chi connectivity index (χ2n) is 35.1. The third-order valence-electron chi connectivity index (χ3n) is 19.8. The molecule has 0 saturated carbocycles. The molecule has 0 aliphatic carbocycles. The van der Waals surface area contributed by atoms with E-state index in [1.165, 1.54) is 34.8 Å². The van der Waals surface area contributed by atoms with Crippen LogP contribution in [0.5, 0.6) is 0 Å². The second kappa shape index (κ2) is 65.6. The van der Waals surface area contributed by atoms with Gasteiger partial charge in [0.05, 0.1) is 143 Å². The maximum absolute atomic E-state index is 12.4. The highest BCUT2D eigenvalue weighted by Gasteiger charge is 2.43. The summed E-state index contributed by atoms with van der Waals surface area (Å²) < 4.78 is 149. The molecule has 0 aromatic rings. The predicted molar refractivity (Wildman–Crippen MR) is 484 cm³/mol. The van der Waals surface area contributed by atoms with Crippen LogP contribution in [0.1, 0.15) is 220 Å². The van der Waals surface area contributed by atoms with Crippen molar-refractivity contribution in [3.63, 3.8) is 0 Å². The van der Waals surface area contributed by atoms with Crippen molar-refractivity contribution in [3.8, 4) is 0 Å². The van der Waals surface area contributed by atoms with E-state index in [1.807, 2.05) is 27.7 Å². The Bertz CT molecular complexity index is 4160. The number of unbranched alkanes of at least 4 members (excludes halogenated alkanes) is 3. The van der Waals surface area contributed by atoms with Crippen LogP contribution in [0.25, 0.3) is 0 Å². The molecule has 46 nitrogen and oxygen atoms in total. The number of Topliss-reactive ketones (excluding diaryl/α,β-unsaturated/α-hetero) is 2. The fourth-order valence-corrected chi connectivity index (χ4v) is 12.5. The molecule has 7 heterocycles. The number of esters is 14. The Kier molecular flexibility index (Phi) is 58.0. The summed E-state index contributed by atoms with van der Waals surface area (Å²) in [5.74, 6) is -14.0. The average Bonchev–Trinajstić information content (AvgIpc) is 1.75. The second-order valence-corrected chi connectivity index (χ2v) is 35.1. The van der Waals surface area contributed by atoms with Crippen molar-refractivity contribution in [2.24, 2.45) is 0 Å². The highest BCUT2D eigenvalue weighted by atomic mass is 16.8. The van der Waals surface area contributed by atoms with Crippen LogP contribution < -0.4 is 0 Å². The summed E-state index contributed by atoms with van der Waals surface area (Å²) in [4.78, 5) is 208. The number of carbonyl (C=O) groups is 18. The van der Waals surface area contributed by atoms with E-state index >= 15 is 0 Å². The monoisotopic (exact) mass is 2030 g/mol. The van der Waals surface area contributed by atoms with Crippen molar-refractivity contribution < 1.29 is 219 Å². The standard InChI is InChI=1S/C54H76O27.C16H24O8.C14H22O6.C11H16O5.CH4/c1-37(55)11-12-43(57)70-29-38-33-74-51(2,78-38)21-17-47(61)66-25-7-8-27-68-49(63)19-23-53(4)76-35-40(80-53)31-72-45(59)15-16-46(60)73-32-41-36-77-54(5,81-41)24-20-50(64)69-28-10-9-26-67-48(62)18-22-52(3)75-34-39(79-52)30-71-44(58)14-13-42(56)65-6;1-15(2)10-21-14(24-15)9-20-13(18)6-5-12(17)19-7-11-8-22-16(3,4)23-11;1-11(15)5-7-13(17)19-9-3-4-10-20-14(18)8-6-12(2)16;1-8(12)4-5-9(13)14-6-10-15-7-11(2,3)16-10;/h11-16,38-41H,7-10,17-36H2,1-6H3;5-6,11,14H,7-10H2,1-4H3;3-10H2,1-2H3;4-5,10H,6-7H2,1-3H3;1H4/b12-11-,14-13-,16-15-;6-5-;;5-4-;. The summed E-state index contributed by atoms with van der Waals surface area (Å²) in [5.41, 5.74) is -0.733. The predicted octanol–water partition coefficient (Wildman–Crippen LogP) is 6.96. The number of rotatable bonds is 57. The number of hydrogen-bond acceptors (Lipinski definition) is 46. The first-order valence-electron chi connectivity index (χ1n) is 46.2. The lowest BCUT2D eigenvalue weighted by Gasteiger charge is -2.23. The summed E-state index contributed by atoms with van der Waals surface area (Å²) in [7, 11) is 1.18. The maximum Gasteiger partial charge on any atom is 0.331 e. The van der Waals surface area contributed by atoms with Crippen LogP contribution in [0, 0.1) is 0 Å². The molecule has 7 saturated heterocycles. The van der Waals surface area contributed by atoms with E-state index in [0.29, 0.717) is 58.3 Å². The van der Waals surface area contributed by atoms with Gasteiger partial charge in [-0.2, -0.15) is 0 Å². The quantitative estimate of drug-likeness (QED) is 0.0257. The summed E-state index contributed by atoms with van der Waals surface area (Å²) >= 11 is 0. The van der Waals surface area contributed by atoms with Gasteiger partial charge in [-0.15, -0.1) is 0 Å². The van der Waals surface area contributed by atoms with Crippen molar-refractivity contribution in [3.05, 3.63) is 60.8 Å². The van der Waals surface area contributed by atoms with Gasteiger partial charge in [-0.25, -0.2) is 38.4 Å². The largest absolute Gasteiger partial charge is 0.466 e. The van der Waals surface area contributed by atoms with Gasteiger partial charge in [-0.1, -0.05) is 7.43 Å². The van der Waals surface area contributed by atoms with Crippen LogP contribution in [-0.2, 0) is 219 Å². The molecular formula is C96H142O46. The molecule has 7 aliphatic heterocycles. The van der Waals surface area contributed by atoms with Crippen LogP contribution in [0.3, 0.4) is 0 Å². The van der Waals surface area contributed by atoms with Crippen LogP contribution in [0.15, 0.2) is 60.8 Å². The average molecular weight is 2030 g/mol. The number of hydrogen-bond donors (Lipinski definition) is 0. The molecule has 0 aromatic carbocycles. The van der Waals surface area contributed by atoms with Crippen molar-refractivity contribution in [1.82, 2.24) is 0 Å². The molecule has 0 aromatic heterocycles. The van der Waals surface area contributed by atoms with E-state index in [1.54, 1.807) is 41.5 Å². The molecule has 7 rings (SSSR count). The summed E-state index contributed by atoms with van der Waals surface area (Å²) in [6.07, 6.45) is 10.6. The lowest BCUT2D eigenvalue weighted by atomic mass is 10.1. The summed E-state index contributed by atoms with van der Waals surface area (Å²) in [6, 6.07) is 0. The molecule has 7 fully saturated rings. The SMILES string of the molecule is C.CC(=O)/C=C\C(=O)OCC1OCC(C)(C)O1.CC(=O)CCC(=O)OCCCCOC(=O)CCC(C)=O.CC1(C)COC(COC(=O)/C=C\C(=O)OCC2COC(C)(C)O2)O1.COC(=O)/C=C\C(=O)OCC1COC(C)(CCC(=O)OCCCCOC(=O)CCC2(C)OCC(COC(=O)/C=C\C(=O)OCC3COC(C)(CCC(=O)OCCCCOC(=O)CCC4(C)OCC(COC(=O)/C=C\C(C)=O)O4)O3)O2)O1. The Morgan fingerprint density at radius 1 is 0.261 bits per heavy atom. The van der Waals surface area contributed by atoms with Crippen LogP contribution >= 0.6 is 0 Å². The molecule has 46 heteroatoms. The van der Waals surface area contributed by atoms with Crippen molar-refractivity contribution in [2.45, 2.75) is 303 Å².